The van der Waals surface area contributed by atoms with Crippen molar-refractivity contribution in [1.29, 1.82) is 0 Å². The van der Waals surface area contributed by atoms with E-state index in [0.29, 0.717) is 11.2 Å². The van der Waals surface area contributed by atoms with Crippen LogP contribution < -0.4 is 4.90 Å². The number of benzene rings is 1. The lowest BCUT2D eigenvalue weighted by molar-refractivity contribution is -0.382. The highest BCUT2D eigenvalue weighted by atomic mass is 32.1. The van der Waals surface area contributed by atoms with Gasteiger partial charge in [-0.05, 0) is 12.1 Å². The monoisotopic (exact) mass is 281 g/mol. The summed E-state index contributed by atoms with van der Waals surface area (Å²) in [6.07, 6.45) is -1.77. The van der Waals surface area contributed by atoms with Gasteiger partial charge in [-0.15, -0.1) is 11.3 Å². The number of nitrogens with zero attached hydrogens (tertiary/aromatic N) is 3. The second kappa shape index (κ2) is 4.41. The lowest BCUT2D eigenvalue weighted by Crippen LogP contribution is -2.22. The molecule has 19 heavy (non-hydrogen) atoms. The number of aliphatic hydroxyl groups excluding tert-OH is 2. The Morgan fingerprint density at radius 1 is 1.37 bits per heavy atom. The van der Waals surface area contributed by atoms with E-state index in [9.17, 15) is 20.3 Å². The van der Waals surface area contributed by atoms with Gasteiger partial charge in [0.1, 0.15) is 5.69 Å². The molecule has 1 fully saturated rings. The van der Waals surface area contributed by atoms with Crippen molar-refractivity contribution in [3.63, 3.8) is 0 Å². The van der Waals surface area contributed by atoms with E-state index in [4.69, 9.17) is 0 Å². The van der Waals surface area contributed by atoms with E-state index in [2.05, 4.69) is 4.98 Å². The molecule has 7 nitrogen and oxygen atoms in total. The fourth-order valence-corrected chi connectivity index (χ4v) is 2.99. The van der Waals surface area contributed by atoms with Crippen LogP contribution in [-0.4, -0.2) is 45.4 Å². The molecule has 8 heteroatoms. The van der Waals surface area contributed by atoms with Gasteiger partial charge in [0.25, 0.3) is 0 Å². The summed E-state index contributed by atoms with van der Waals surface area (Å²) in [6, 6.07) is 3.41. The third kappa shape index (κ3) is 1.93. The number of rotatable bonds is 2. The fraction of sp³-hybridized carbons (Fsp3) is 0.364. The maximum Gasteiger partial charge on any atom is 0.319 e. The van der Waals surface area contributed by atoms with Crippen molar-refractivity contribution in [2.24, 2.45) is 0 Å². The Kier molecular flexibility index (Phi) is 2.85. The predicted octanol–water partition coefficient (Wildman–Crippen LogP) is 0.746. The Bertz CT molecular complexity index is 634. The molecule has 0 radical (unpaired) electrons. The quantitative estimate of drug-likeness (QED) is 0.622. The number of nitro benzene ring substituents is 1. The van der Waals surface area contributed by atoms with Gasteiger partial charge in [-0.2, -0.15) is 0 Å². The first-order chi connectivity index (χ1) is 9.08. The molecule has 2 heterocycles. The molecular formula is C11H11N3O4S. The Labute approximate surface area is 111 Å². The zero-order chi connectivity index (χ0) is 13.6. The van der Waals surface area contributed by atoms with Gasteiger partial charge < -0.3 is 15.1 Å². The van der Waals surface area contributed by atoms with Crippen molar-refractivity contribution >= 4 is 32.9 Å². The zero-order valence-electron chi connectivity index (χ0n) is 9.76. The van der Waals surface area contributed by atoms with Crippen molar-refractivity contribution in [2.45, 2.75) is 12.2 Å². The molecule has 0 saturated carbocycles. The van der Waals surface area contributed by atoms with Crippen molar-refractivity contribution in [2.75, 3.05) is 18.0 Å². The van der Waals surface area contributed by atoms with E-state index in [0.717, 1.165) is 4.70 Å². The summed E-state index contributed by atoms with van der Waals surface area (Å²) in [7, 11) is 0. The number of thiazole rings is 1. The Hall–Kier alpha value is -1.77. The second-order valence-corrected chi connectivity index (χ2v) is 5.32. The first-order valence-electron chi connectivity index (χ1n) is 5.69. The SMILES string of the molecule is O=[N+]([O-])c1c(N2CC(O)C(O)C2)ccc2scnc12. The first-order valence-corrected chi connectivity index (χ1v) is 6.57. The van der Waals surface area contributed by atoms with Crippen molar-refractivity contribution in [3.05, 3.63) is 27.8 Å². The Morgan fingerprint density at radius 3 is 2.68 bits per heavy atom. The lowest BCUT2D eigenvalue weighted by Gasteiger charge is -2.17. The van der Waals surface area contributed by atoms with Crippen LogP contribution in [0, 0.1) is 10.1 Å². The van der Waals surface area contributed by atoms with Crippen molar-refractivity contribution < 1.29 is 15.1 Å². The van der Waals surface area contributed by atoms with E-state index >= 15 is 0 Å². The number of anilines is 1. The summed E-state index contributed by atoms with van der Waals surface area (Å²) in [5, 5.41) is 30.4. The molecule has 1 aromatic carbocycles. The molecule has 2 aromatic rings. The molecule has 0 spiro atoms. The molecule has 1 aliphatic heterocycles. The van der Waals surface area contributed by atoms with Crippen LogP contribution in [0.15, 0.2) is 17.6 Å². The average Bonchev–Trinajstić information content (AvgIpc) is 2.95. The maximum absolute atomic E-state index is 11.3. The maximum atomic E-state index is 11.3. The van der Waals surface area contributed by atoms with Crippen LogP contribution in [0.2, 0.25) is 0 Å². The number of fused-ring (bicyclic) bond motifs is 1. The highest BCUT2D eigenvalue weighted by molar-refractivity contribution is 7.16. The number of hydrogen-bond donors (Lipinski definition) is 2. The van der Waals surface area contributed by atoms with Crippen LogP contribution in [0.4, 0.5) is 11.4 Å². The molecule has 3 rings (SSSR count). The molecule has 0 aliphatic carbocycles. The fourth-order valence-electron chi connectivity index (χ4n) is 2.31. The Balaban J connectivity index is 2.13. The standard InChI is InChI=1S/C11H11N3O4S/c15-7-3-13(4-8(7)16)6-1-2-9-10(12-5-19-9)11(6)14(17)18/h1-2,5,7-8,15-16H,3-4H2. The van der Waals surface area contributed by atoms with Gasteiger partial charge in [0, 0.05) is 13.1 Å². The lowest BCUT2D eigenvalue weighted by atomic mass is 10.2. The highest BCUT2D eigenvalue weighted by Crippen LogP contribution is 2.37. The molecule has 100 valence electrons. The van der Waals surface area contributed by atoms with Crippen molar-refractivity contribution in [3.8, 4) is 0 Å². The van der Waals surface area contributed by atoms with E-state index < -0.39 is 17.1 Å². The summed E-state index contributed by atoms with van der Waals surface area (Å²) in [5.74, 6) is 0. The van der Waals surface area contributed by atoms with Gasteiger partial charge in [0.05, 0.1) is 27.3 Å². The first kappa shape index (κ1) is 12.3. The number of hydrogen-bond acceptors (Lipinski definition) is 7. The van der Waals surface area contributed by atoms with E-state index in [1.54, 1.807) is 22.5 Å². The molecule has 1 aliphatic rings. The third-order valence-electron chi connectivity index (χ3n) is 3.24. The summed E-state index contributed by atoms with van der Waals surface area (Å²) in [5.41, 5.74) is 2.23. The minimum Gasteiger partial charge on any atom is -0.389 e. The highest BCUT2D eigenvalue weighted by Gasteiger charge is 2.34. The Morgan fingerprint density at radius 2 is 2.05 bits per heavy atom. The smallest absolute Gasteiger partial charge is 0.319 e. The molecule has 1 aromatic heterocycles. The summed E-state index contributed by atoms with van der Waals surface area (Å²) < 4.78 is 0.746. The van der Waals surface area contributed by atoms with Gasteiger partial charge in [-0.1, -0.05) is 0 Å². The topological polar surface area (TPSA) is 99.7 Å². The molecule has 2 unspecified atom stereocenters. The van der Waals surface area contributed by atoms with E-state index in [-0.39, 0.29) is 18.8 Å². The summed E-state index contributed by atoms with van der Waals surface area (Å²) >= 11 is 1.34. The largest absolute Gasteiger partial charge is 0.389 e. The van der Waals surface area contributed by atoms with Crippen LogP contribution in [-0.2, 0) is 0 Å². The predicted molar refractivity (Wildman–Crippen MR) is 70.5 cm³/mol. The minimum absolute atomic E-state index is 0.0694. The van der Waals surface area contributed by atoms with Crippen LogP contribution in [0.1, 0.15) is 0 Å². The zero-order valence-corrected chi connectivity index (χ0v) is 10.6. The van der Waals surface area contributed by atoms with Crippen LogP contribution in [0.3, 0.4) is 0 Å². The molecule has 2 atom stereocenters. The minimum atomic E-state index is -0.884. The summed E-state index contributed by atoms with van der Waals surface area (Å²) in [6.45, 7) is 0.356. The number of aromatic nitrogens is 1. The van der Waals surface area contributed by atoms with Crippen molar-refractivity contribution in [1.82, 2.24) is 4.98 Å². The van der Waals surface area contributed by atoms with E-state index in [1.165, 1.54) is 11.3 Å². The van der Waals surface area contributed by atoms with Gasteiger partial charge >= 0.3 is 5.69 Å². The molecule has 0 amide bonds. The molecule has 2 N–H and O–H groups in total. The number of nitro groups is 1. The van der Waals surface area contributed by atoms with Gasteiger partial charge in [0.2, 0.25) is 0 Å². The van der Waals surface area contributed by atoms with Gasteiger partial charge in [0.15, 0.2) is 5.52 Å². The van der Waals surface area contributed by atoms with Gasteiger partial charge in [-0.25, -0.2) is 4.98 Å². The van der Waals surface area contributed by atoms with Crippen LogP contribution >= 0.6 is 11.3 Å². The molecule has 1 saturated heterocycles. The van der Waals surface area contributed by atoms with Crippen LogP contribution in [0.25, 0.3) is 10.2 Å². The number of β-amino-alcohol motifs (C(OH)–C–C–N with tert-alkyl or cyclic N) is 2. The van der Waals surface area contributed by atoms with E-state index in [1.807, 2.05) is 0 Å². The molecule has 0 bridgehead atoms. The third-order valence-corrected chi connectivity index (χ3v) is 4.03. The average molecular weight is 281 g/mol. The van der Waals surface area contributed by atoms with Gasteiger partial charge in [-0.3, -0.25) is 10.1 Å². The molecular weight excluding hydrogens is 270 g/mol. The second-order valence-electron chi connectivity index (χ2n) is 4.43. The summed E-state index contributed by atoms with van der Waals surface area (Å²) in [4.78, 5) is 16.5. The number of aliphatic hydroxyl groups is 2. The normalized spacial score (nSPS) is 23.2. The van der Waals surface area contributed by atoms with Crippen LogP contribution in [0.5, 0.6) is 0 Å².